The molecular weight excluding hydrogens is 253 g/mol. The highest BCUT2D eigenvalue weighted by Gasteiger charge is 2.18. The Morgan fingerprint density at radius 3 is 2.74 bits per heavy atom. The molecule has 0 saturated heterocycles. The van der Waals surface area contributed by atoms with Gasteiger partial charge in [-0.2, -0.15) is 0 Å². The third kappa shape index (κ3) is 3.84. The number of hydrogen-bond donors (Lipinski definition) is 3. The van der Waals surface area contributed by atoms with Crippen LogP contribution in [0.25, 0.3) is 0 Å². The standard InChI is InChI=1S/C12H16FN3O3/c1-2-16(6-5-11(14)15-19)12(18)9-4-3-8(13)7-10(9)17/h3-4,7,17,19H,2,5-6H2,1H3,(H2,14,15). The fourth-order valence-electron chi connectivity index (χ4n) is 1.56. The van der Waals surface area contributed by atoms with Crippen LogP contribution in [0.1, 0.15) is 23.7 Å². The molecule has 1 aromatic rings. The molecule has 0 fully saturated rings. The first-order valence-corrected chi connectivity index (χ1v) is 5.73. The first-order valence-electron chi connectivity index (χ1n) is 5.73. The zero-order valence-corrected chi connectivity index (χ0v) is 10.5. The van der Waals surface area contributed by atoms with Crippen LogP contribution in [0.5, 0.6) is 5.75 Å². The molecule has 0 aliphatic rings. The van der Waals surface area contributed by atoms with E-state index in [0.29, 0.717) is 6.54 Å². The number of rotatable bonds is 5. The van der Waals surface area contributed by atoms with E-state index in [1.807, 2.05) is 0 Å². The third-order valence-corrected chi connectivity index (χ3v) is 2.63. The fourth-order valence-corrected chi connectivity index (χ4v) is 1.56. The number of carbonyl (C=O) groups excluding carboxylic acids is 1. The van der Waals surface area contributed by atoms with Gasteiger partial charge in [0.15, 0.2) is 0 Å². The van der Waals surface area contributed by atoms with Gasteiger partial charge in [0.2, 0.25) is 0 Å². The average Bonchev–Trinajstić information content (AvgIpc) is 2.38. The van der Waals surface area contributed by atoms with Crippen molar-refractivity contribution in [3.63, 3.8) is 0 Å². The van der Waals surface area contributed by atoms with Crippen LogP contribution in [0.2, 0.25) is 0 Å². The molecule has 0 radical (unpaired) electrons. The molecule has 1 rings (SSSR count). The molecule has 0 unspecified atom stereocenters. The van der Waals surface area contributed by atoms with Crippen LogP contribution in [-0.2, 0) is 0 Å². The average molecular weight is 269 g/mol. The summed E-state index contributed by atoms with van der Waals surface area (Å²) < 4.78 is 12.8. The van der Waals surface area contributed by atoms with Crippen LogP contribution in [0.4, 0.5) is 4.39 Å². The first kappa shape index (κ1) is 14.7. The Labute approximate surface area is 109 Å². The van der Waals surface area contributed by atoms with E-state index < -0.39 is 17.5 Å². The van der Waals surface area contributed by atoms with Gasteiger partial charge in [-0.05, 0) is 19.1 Å². The molecule has 0 aliphatic heterocycles. The molecule has 0 heterocycles. The zero-order valence-electron chi connectivity index (χ0n) is 10.5. The molecule has 0 bridgehead atoms. The van der Waals surface area contributed by atoms with Gasteiger partial charge in [-0.1, -0.05) is 5.16 Å². The molecular formula is C12H16FN3O3. The van der Waals surface area contributed by atoms with Crippen molar-refractivity contribution in [2.75, 3.05) is 13.1 Å². The Hall–Kier alpha value is -2.31. The molecule has 4 N–H and O–H groups in total. The molecule has 7 heteroatoms. The number of carbonyl (C=O) groups is 1. The first-order chi connectivity index (χ1) is 8.99. The summed E-state index contributed by atoms with van der Waals surface area (Å²) in [6, 6.07) is 3.20. The van der Waals surface area contributed by atoms with Gasteiger partial charge in [0.25, 0.3) is 5.91 Å². The molecule has 0 aromatic heterocycles. The lowest BCUT2D eigenvalue weighted by molar-refractivity contribution is 0.0765. The molecule has 1 amide bonds. The molecule has 0 saturated carbocycles. The SMILES string of the molecule is CCN(CC/C(N)=N/O)C(=O)c1ccc(F)cc1O. The predicted molar refractivity (Wildman–Crippen MR) is 67.7 cm³/mol. The Balaban J connectivity index is 2.83. The number of nitrogens with two attached hydrogens (primary N) is 1. The summed E-state index contributed by atoms with van der Waals surface area (Å²) in [7, 11) is 0. The van der Waals surface area contributed by atoms with Crippen molar-refractivity contribution in [1.29, 1.82) is 0 Å². The van der Waals surface area contributed by atoms with E-state index in [4.69, 9.17) is 10.9 Å². The predicted octanol–water partition coefficient (Wildman–Crippen LogP) is 1.13. The maximum absolute atomic E-state index is 12.8. The molecule has 0 atom stereocenters. The Kier molecular flexibility index (Phi) is 5.11. The van der Waals surface area contributed by atoms with Crippen molar-refractivity contribution < 1.29 is 19.5 Å². The summed E-state index contributed by atoms with van der Waals surface area (Å²) in [5.74, 6) is -1.46. The van der Waals surface area contributed by atoms with Gasteiger partial charge in [-0.15, -0.1) is 0 Å². The number of phenolic OH excluding ortho intramolecular Hbond substituents is 1. The summed E-state index contributed by atoms with van der Waals surface area (Å²) in [5, 5.41) is 20.8. The van der Waals surface area contributed by atoms with E-state index in [-0.39, 0.29) is 24.4 Å². The van der Waals surface area contributed by atoms with Crippen molar-refractivity contribution in [1.82, 2.24) is 4.90 Å². The Morgan fingerprint density at radius 1 is 1.53 bits per heavy atom. The van der Waals surface area contributed by atoms with Crippen molar-refractivity contribution in [3.8, 4) is 5.75 Å². The largest absolute Gasteiger partial charge is 0.507 e. The minimum atomic E-state index is -0.617. The minimum absolute atomic E-state index is 0.00887. The minimum Gasteiger partial charge on any atom is -0.507 e. The summed E-state index contributed by atoms with van der Waals surface area (Å²) in [5.41, 5.74) is 5.34. The van der Waals surface area contributed by atoms with Gasteiger partial charge in [0.1, 0.15) is 17.4 Å². The lowest BCUT2D eigenvalue weighted by Gasteiger charge is -2.21. The molecule has 1 aromatic carbocycles. The topological polar surface area (TPSA) is 99.1 Å². The molecule has 19 heavy (non-hydrogen) atoms. The smallest absolute Gasteiger partial charge is 0.257 e. The van der Waals surface area contributed by atoms with Gasteiger partial charge in [0, 0.05) is 25.6 Å². The number of nitrogens with zero attached hydrogens (tertiary/aromatic N) is 2. The summed E-state index contributed by atoms with van der Waals surface area (Å²) in [6.45, 7) is 2.38. The number of amidine groups is 1. The normalized spacial score (nSPS) is 11.4. The van der Waals surface area contributed by atoms with Gasteiger partial charge in [0.05, 0.1) is 5.56 Å². The molecule has 6 nitrogen and oxygen atoms in total. The second-order valence-electron chi connectivity index (χ2n) is 3.89. The zero-order chi connectivity index (χ0) is 14.4. The van der Waals surface area contributed by atoms with Crippen molar-refractivity contribution >= 4 is 11.7 Å². The maximum Gasteiger partial charge on any atom is 0.257 e. The van der Waals surface area contributed by atoms with Gasteiger partial charge in [-0.3, -0.25) is 4.79 Å². The van der Waals surface area contributed by atoms with E-state index in [9.17, 15) is 14.3 Å². The summed E-state index contributed by atoms with van der Waals surface area (Å²) in [4.78, 5) is 13.5. The van der Waals surface area contributed by atoms with Crippen LogP contribution in [0.15, 0.2) is 23.4 Å². The van der Waals surface area contributed by atoms with E-state index in [2.05, 4.69) is 5.16 Å². The van der Waals surface area contributed by atoms with E-state index in [0.717, 1.165) is 12.1 Å². The lowest BCUT2D eigenvalue weighted by atomic mass is 10.1. The van der Waals surface area contributed by atoms with Gasteiger partial charge < -0.3 is 20.9 Å². The number of aromatic hydroxyl groups is 1. The highest BCUT2D eigenvalue weighted by atomic mass is 19.1. The second kappa shape index (κ2) is 6.58. The van der Waals surface area contributed by atoms with Gasteiger partial charge in [-0.25, -0.2) is 4.39 Å². The number of benzene rings is 1. The van der Waals surface area contributed by atoms with Gasteiger partial charge >= 0.3 is 0 Å². The van der Waals surface area contributed by atoms with E-state index in [1.54, 1.807) is 6.92 Å². The number of halogens is 1. The fraction of sp³-hybridized carbons (Fsp3) is 0.333. The van der Waals surface area contributed by atoms with Crippen molar-refractivity contribution in [2.24, 2.45) is 10.9 Å². The lowest BCUT2D eigenvalue weighted by Crippen LogP contribution is -2.34. The monoisotopic (exact) mass is 269 g/mol. The Morgan fingerprint density at radius 2 is 2.21 bits per heavy atom. The second-order valence-corrected chi connectivity index (χ2v) is 3.89. The molecule has 104 valence electrons. The quantitative estimate of drug-likeness (QED) is 0.323. The van der Waals surface area contributed by atoms with Crippen LogP contribution < -0.4 is 5.73 Å². The Bertz CT molecular complexity index is 491. The summed E-state index contributed by atoms with van der Waals surface area (Å²) >= 11 is 0. The van der Waals surface area contributed by atoms with Crippen molar-refractivity contribution in [2.45, 2.75) is 13.3 Å². The summed E-state index contributed by atoms with van der Waals surface area (Å²) in [6.07, 6.45) is 0.206. The van der Waals surface area contributed by atoms with Crippen LogP contribution >= 0.6 is 0 Å². The van der Waals surface area contributed by atoms with Crippen LogP contribution in [0.3, 0.4) is 0 Å². The van der Waals surface area contributed by atoms with E-state index >= 15 is 0 Å². The highest BCUT2D eigenvalue weighted by Crippen LogP contribution is 2.20. The number of hydrogen-bond acceptors (Lipinski definition) is 4. The number of oxime groups is 1. The van der Waals surface area contributed by atoms with E-state index in [1.165, 1.54) is 11.0 Å². The number of amides is 1. The molecule has 0 aliphatic carbocycles. The highest BCUT2D eigenvalue weighted by molar-refractivity contribution is 5.97. The van der Waals surface area contributed by atoms with Crippen LogP contribution in [0, 0.1) is 5.82 Å². The third-order valence-electron chi connectivity index (χ3n) is 2.63. The van der Waals surface area contributed by atoms with Crippen LogP contribution in [-0.4, -0.2) is 40.0 Å². The maximum atomic E-state index is 12.8. The van der Waals surface area contributed by atoms with Crippen molar-refractivity contribution in [3.05, 3.63) is 29.6 Å². The molecule has 0 spiro atoms. The number of phenols is 1.